The topological polar surface area (TPSA) is 95.1 Å². The van der Waals surface area contributed by atoms with Gasteiger partial charge in [-0.2, -0.15) is 0 Å². The second-order valence-corrected chi connectivity index (χ2v) is 6.14. The molecular formula is C17H21N3O3. The second-order valence-electron chi connectivity index (χ2n) is 6.14. The number of carboxylic acid groups (broad SMARTS) is 1. The van der Waals surface area contributed by atoms with Gasteiger partial charge in [0.15, 0.2) is 0 Å². The molecule has 1 aliphatic rings. The smallest absolute Gasteiger partial charge is 0.306 e. The van der Waals surface area contributed by atoms with Crippen molar-refractivity contribution in [2.24, 2.45) is 11.8 Å². The number of H-pyrrole nitrogens is 1. The molecule has 23 heavy (non-hydrogen) atoms. The van der Waals surface area contributed by atoms with Gasteiger partial charge in [-0.05, 0) is 31.4 Å². The average molecular weight is 315 g/mol. The van der Waals surface area contributed by atoms with E-state index in [0.29, 0.717) is 25.8 Å². The van der Waals surface area contributed by atoms with Crippen molar-refractivity contribution in [3.05, 3.63) is 30.1 Å². The number of nitrogens with one attached hydrogen (secondary N) is 2. The second kappa shape index (κ2) is 6.81. The summed E-state index contributed by atoms with van der Waals surface area (Å²) < 4.78 is 0. The molecule has 6 heteroatoms. The Morgan fingerprint density at radius 2 is 2.04 bits per heavy atom. The SMILES string of the molecule is O=C(O)C1CCCC(C(=O)NCCc2nc3ccccc3[nH]2)C1. The van der Waals surface area contributed by atoms with Gasteiger partial charge in [0.2, 0.25) is 5.91 Å². The highest BCUT2D eigenvalue weighted by atomic mass is 16.4. The molecule has 0 radical (unpaired) electrons. The fourth-order valence-electron chi connectivity index (χ4n) is 3.22. The molecule has 1 saturated carbocycles. The zero-order valence-corrected chi connectivity index (χ0v) is 12.9. The van der Waals surface area contributed by atoms with Crippen LogP contribution in [0.2, 0.25) is 0 Å². The largest absolute Gasteiger partial charge is 0.481 e. The summed E-state index contributed by atoms with van der Waals surface area (Å²) in [5.74, 6) is -0.536. The van der Waals surface area contributed by atoms with Crippen LogP contribution in [-0.4, -0.2) is 33.5 Å². The molecule has 122 valence electrons. The fourth-order valence-corrected chi connectivity index (χ4v) is 3.22. The lowest BCUT2D eigenvalue weighted by atomic mass is 9.81. The van der Waals surface area contributed by atoms with Crippen LogP contribution in [0, 0.1) is 11.8 Å². The van der Waals surface area contributed by atoms with Crippen LogP contribution < -0.4 is 5.32 Å². The van der Waals surface area contributed by atoms with Crippen LogP contribution >= 0.6 is 0 Å². The van der Waals surface area contributed by atoms with E-state index in [1.807, 2.05) is 24.3 Å². The molecule has 6 nitrogen and oxygen atoms in total. The maximum absolute atomic E-state index is 12.2. The Kier molecular flexibility index (Phi) is 4.60. The molecule has 2 unspecified atom stereocenters. The number of carbonyl (C=O) groups is 2. The van der Waals surface area contributed by atoms with Crippen LogP contribution in [0.3, 0.4) is 0 Å². The molecule has 0 saturated heterocycles. The van der Waals surface area contributed by atoms with Crippen LogP contribution in [0.1, 0.15) is 31.5 Å². The number of amides is 1. The van der Waals surface area contributed by atoms with Crippen molar-refractivity contribution >= 4 is 22.9 Å². The van der Waals surface area contributed by atoms with E-state index < -0.39 is 5.97 Å². The third kappa shape index (κ3) is 3.70. The molecule has 1 heterocycles. The normalized spacial score (nSPS) is 21.2. The minimum Gasteiger partial charge on any atom is -0.481 e. The number of carboxylic acids is 1. The Bertz CT molecular complexity index is 677. The van der Waals surface area contributed by atoms with Crippen LogP contribution in [0.4, 0.5) is 0 Å². The zero-order valence-electron chi connectivity index (χ0n) is 12.9. The number of nitrogens with zero attached hydrogens (tertiary/aromatic N) is 1. The lowest BCUT2D eigenvalue weighted by Gasteiger charge is -2.25. The number of aromatic amines is 1. The summed E-state index contributed by atoms with van der Waals surface area (Å²) >= 11 is 0. The monoisotopic (exact) mass is 315 g/mol. The van der Waals surface area contributed by atoms with Gasteiger partial charge in [0.05, 0.1) is 17.0 Å². The van der Waals surface area contributed by atoms with Gasteiger partial charge < -0.3 is 15.4 Å². The first-order chi connectivity index (χ1) is 11.1. The first-order valence-electron chi connectivity index (χ1n) is 8.07. The van der Waals surface area contributed by atoms with Crippen molar-refractivity contribution in [3.63, 3.8) is 0 Å². The van der Waals surface area contributed by atoms with E-state index in [1.54, 1.807) is 0 Å². The van der Waals surface area contributed by atoms with Crippen molar-refractivity contribution in [1.82, 2.24) is 15.3 Å². The van der Waals surface area contributed by atoms with Crippen molar-refractivity contribution in [2.75, 3.05) is 6.54 Å². The number of hydrogen-bond acceptors (Lipinski definition) is 3. The molecule has 0 bridgehead atoms. The highest BCUT2D eigenvalue weighted by Gasteiger charge is 2.30. The number of aliphatic carboxylic acids is 1. The molecule has 1 aromatic heterocycles. The number of para-hydroxylation sites is 2. The van der Waals surface area contributed by atoms with Gasteiger partial charge in [0, 0.05) is 18.9 Å². The maximum Gasteiger partial charge on any atom is 0.306 e. The number of fused-ring (bicyclic) bond motifs is 1. The summed E-state index contributed by atoms with van der Waals surface area (Å²) in [6, 6.07) is 7.81. The molecular weight excluding hydrogens is 294 g/mol. The summed E-state index contributed by atoms with van der Waals surface area (Å²) in [5, 5.41) is 12.0. The highest BCUT2D eigenvalue weighted by Crippen LogP contribution is 2.29. The van der Waals surface area contributed by atoms with Crippen molar-refractivity contribution in [3.8, 4) is 0 Å². The van der Waals surface area contributed by atoms with Crippen molar-refractivity contribution in [1.29, 1.82) is 0 Å². The number of aromatic nitrogens is 2. The van der Waals surface area contributed by atoms with E-state index in [0.717, 1.165) is 29.7 Å². The minimum absolute atomic E-state index is 0.0351. The quantitative estimate of drug-likeness (QED) is 0.787. The zero-order chi connectivity index (χ0) is 16.2. The predicted octanol–water partition coefficient (Wildman–Crippen LogP) is 2.11. The van der Waals surface area contributed by atoms with E-state index in [1.165, 1.54) is 0 Å². The molecule has 1 aromatic carbocycles. The molecule has 3 N–H and O–H groups in total. The van der Waals surface area contributed by atoms with Crippen molar-refractivity contribution < 1.29 is 14.7 Å². The lowest BCUT2D eigenvalue weighted by molar-refractivity contribution is -0.144. The van der Waals surface area contributed by atoms with Crippen molar-refractivity contribution in [2.45, 2.75) is 32.1 Å². The number of hydrogen-bond donors (Lipinski definition) is 3. The van der Waals surface area contributed by atoms with Gasteiger partial charge in [-0.1, -0.05) is 18.6 Å². The van der Waals surface area contributed by atoms with Crippen LogP contribution in [0.25, 0.3) is 11.0 Å². The van der Waals surface area contributed by atoms with Crippen LogP contribution in [-0.2, 0) is 16.0 Å². The van der Waals surface area contributed by atoms with Gasteiger partial charge in [-0.15, -0.1) is 0 Å². The molecule has 0 spiro atoms. The van der Waals surface area contributed by atoms with E-state index in [4.69, 9.17) is 5.11 Å². The van der Waals surface area contributed by atoms with Gasteiger partial charge in [0.25, 0.3) is 0 Å². The summed E-state index contributed by atoms with van der Waals surface area (Å²) in [6.45, 7) is 0.507. The van der Waals surface area contributed by atoms with E-state index in [2.05, 4.69) is 15.3 Å². The number of carbonyl (C=O) groups excluding carboxylic acids is 1. The molecule has 0 aliphatic heterocycles. The van der Waals surface area contributed by atoms with Gasteiger partial charge in [-0.25, -0.2) is 4.98 Å². The minimum atomic E-state index is -0.787. The maximum atomic E-state index is 12.2. The Morgan fingerprint density at radius 1 is 1.26 bits per heavy atom. The summed E-state index contributed by atoms with van der Waals surface area (Å²) in [5.41, 5.74) is 1.91. The Balaban J connectivity index is 1.50. The number of rotatable bonds is 5. The van der Waals surface area contributed by atoms with Crippen LogP contribution in [0.15, 0.2) is 24.3 Å². The first-order valence-corrected chi connectivity index (χ1v) is 8.07. The van der Waals surface area contributed by atoms with E-state index >= 15 is 0 Å². The van der Waals surface area contributed by atoms with E-state index in [9.17, 15) is 9.59 Å². The third-order valence-corrected chi connectivity index (χ3v) is 4.49. The summed E-state index contributed by atoms with van der Waals surface area (Å²) in [6.07, 6.45) is 3.35. The Labute approximate surface area is 134 Å². The Hall–Kier alpha value is -2.37. The summed E-state index contributed by atoms with van der Waals surface area (Å²) in [7, 11) is 0. The first kappa shape index (κ1) is 15.5. The van der Waals surface area contributed by atoms with Crippen LogP contribution in [0.5, 0.6) is 0 Å². The number of imidazole rings is 1. The van der Waals surface area contributed by atoms with Gasteiger partial charge >= 0.3 is 5.97 Å². The molecule has 3 rings (SSSR count). The Morgan fingerprint density at radius 3 is 2.83 bits per heavy atom. The molecule has 2 aromatic rings. The predicted molar refractivity (Wildman–Crippen MR) is 85.9 cm³/mol. The molecule has 1 aliphatic carbocycles. The third-order valence-electron chi connectivity index (χ3n) is 4.49. The standard InChI is InChI=1S/C17H21N3O3/c21-16(11-4-3-5-12(10-11)17(22)23)18-9-8-15-19-13-6-1-2-7-14(13)20-15/h1-2,6-7,11-12H,3-5,8-10H2,(H,18,21)(H,19,20)(H,22,23). The highest BCUT2D eigenvalue weighted by molar-refractivity contribution is 5.80. The number of benzene rings is 1. The van der Waals surface area contributed by atoms with E-state index in [-0.39, 0.29) is 17.7 Å². The lowest BCUT2D eigenvalue weighted by Crippen LogP contribution is -2.36. The fraction of sp³-hybridized carbons (Fsp3) is 0.471. The average Bonchev–Trinajstić information content (AvgIpc) is 2.97. The summed E-state index contributed by atoms with van der Waals surface area (Å²) in [4.78, 5) is 31.0. The molecule has 2 atom stereocenters. The molecule has 1 fully saturated rings. The molecule has 1 amide bonds. The van der Waals surface area contributed by atoms with Gasteiger partial charge in [0.1, 0.15) is 5.82 Å². The van der Waals surface area contributed by atoms with Gasteiger partial charge in [-0.3, -0.25) is 9.59 Å².